The highest BCUT2D eigenvalue weighted by molar-refractivity contribution is 6.16. The summed E-state index contributed by atoms with van der Waals surface area (Å²) in [4.78, 5) is 13.0. The first-order chi connectivity index (χ1) is 15.6. The third-order valence-corrected chi connectivity index (χ3v) is 5.20. The molecule has 12 heteroatoms. The van der Waals surface area contributed by atoms with Gasteiger partial charge in [0.25, 0.3) is 0 Å². The number of allylic oxidation sites excluding steroid dienone is 1. The summed E-state index contributed by atoms with van der Waals surface area (Å²) < 4.78 is 16.2. The Hall–Kier alpha value is -3.55. The van der Waals surface area contributed by atoms with Crippen LogP contribution in [0.3, 0.4) is 0 Å². The maximum absolute atomic E-state index is 13.0. The molecule has 0 amide bonds. The average Bonchev–Trinajstić information content (AvgIpc) is 3.07. The van der Waals surface area contributed by atoms with E-state index in [-0.39, 0.29) is 34.1 Å². The molecule has 12 nitrogen and oxygen atoms in total. The number of rotatable bonds is 4. The van der Waals surface area contributed by atoms with Gasteiger partial charge in [0.2, 0.25) is 12.1 Å². The second-order valence-electron chi connectivity index (χ2n) is 7.48. The number of ketones is 1. The molecule has 1 saturated heterocycles. The van der Waals surface area contributed by atoms with Crippen molar-refractivity contribution in [3.63, 3.8) is 0 Å². The number of phenolic OH excluding ortho intramolecular Hbond substituents is 4. The molecule has 2 heterocycles. The van der Waals surface area contributed by atoms with Crippen molar-refractivity contribution in [3.05, 3.63) is 41.2 Å². The molecule has 0 spiro atoms. The van der Waals surface area contributed by atoms with E-state index in [9.17, 15) is 45.6 Å². The first kappa shape index (κ1) is 22.6. The van der Waals surface area contributed by atoms with Gasteiger partial charge in [-0.3, -0.25) is 4.79 Å². The van der Waals surface area contributed by atoms with E-state index >= 15 is 0 Å². The van der Waals surface area contributed by atoms with Crippen LogP contribution in [0.2, 0.25) is 0 Å². The first-order valence-corrected chi connectivity index (χ1v) is 9.64. The van der Waals surface area contributed by atoms with Gasteiger partial charge in [-0.05, 0) is 23.8 Å². The fourth-order valence-corrected chi connectivity index (χ4v) is 3.51. The van der Waals surface area contributed by atoms with Gasteiger partial charge >= 0.3 is 0 Å². The molecule has 5 unspecified atom stereocenters. The molecule has 8 N–H and O–H groups in total. The standard InChI is InChI=1S/C21H20O12/c22-6-14-18(28)19(29)20(30)21(33-14)32-12-5-8(23)4-11-15(12)17(27)13(31-11)3-7-1-9(24)16(26)10(25)2-7/h1-5,14,18-26,28-30H,6H2/b13-3+. The van der Waals surface area contributed by atoms with E-state index in [0.717, 1.165) is 30.3 Å². The van der Waals surface area contributed by atoms with E-state index in [0.29, 0.717) is 0 Å². The Morgan fingerprint density at radius 1 is 0.939 bits per heavy atom. The summed E-state index contributed by atoms with van der Waals surface area (Å²) in [6.07, 6.45) is -6.79. The quantitative estimate of drug-likeness (QED) is 0.209. The van der Waals surface area contributed by atoms with Crippen molar-refractivity contribution < 1.29 is 59.9 Å². The lowest BCUT2D eigenvalue weighted by atomic mass is 9.99. The van der Waals surface area contributed by atoms with Crippen LogP contribution in [-0.2, 0) is 4.74 Å². The lowest BCUT2D eigenvalue weighted by molar-refractivity contribution is -0.277. The SMILES string of the molecule is O=C1/C(=C\c2cc(O)c(O)c(O)c2)Oc2cc(O)cc(OC3OC(CO)C(O)C(O)C3O)c21. The zero-order chi connectivity index (χ0) is 24.0. The lowest BCUT2D eigenvalue weighted by Gasteiger charge is -2.39. The Balaban J connectivity index is 1.66. The number of aliphatic hydroxyl groups is 4. The zero-order valence-electron chi connectivity index (χ0n) is 16.7. The van der Waals surface area contributed by atoms with Gasteiger partial charge in [-0.15, -0.1) is 0 Å². The molecular formula is C21H20O12. The highest BCUT2D eigenvalue weighted by Gasteiger charge is 2.45. The first-order valence-electron chi connectivity index (χ1n) is 9.64. The van der Waals surface area contributed by atoms with Crippen LogP contribution in [0, 0.1) is 0 Å². The predicted octanol–water partition coefficient (Wildman–Crippen LogP) is -0.696. The molecule has 0 aliphatic carbocycles. The number of hydrogen-bond donors (Lipinski definition) is 8. The van der Waals surface area contributed by atoms with E-state index in [2.05, 4.69) is 0 Å². The van der Waals surface area contributed by atoms with Gasteiger partial charge in [0.15, 0.2) is 23.0 Å². The number of carbonyl (C=O) groups is 1. The molecule has 0 aromatic heterocycles. The third-order valence-electron chi connectivity index (χ3n) is 5.20. The van der Waals surface area contributed by atoms with E-state index < -0.39 is 60.3 Å². The van der Waals surface area contributed by atoms with Crippen LogP contribution >= 0.6 is 0 Å². The topological polar surface area (TPSA) is 207 Å². The van der Waals surface area contributed by atoms with Gasteiger partial charge in [0.1, 0.15) is 47.2 Å². The van der Waals surface area contributed by atoms with E-state index in [4.69, 9.17) is 14.2 Å². The minimum Gasteiger partial charge on any atom is -0.508 e. The van der Waals surface area contributed by atoms with Crippen LogP contribution in [0.1, 0.15) is 15.9 Å². The number of aromatic hydroxyl groups is 4. The molecular weight excluding hydrogens is 444 g/mol. The number of carbonyl (C=O) groups excluding carboxylic acids is 1. The predicted molar refractivity (Wildman–Crippen MR) is 107 cm³/mol. The molecule has 0 radical (unpaired) electrons. The number of phenols is 4. The highest BCUT2D eigenvalue weighted by atomic mass is 16.7. The maximum Gasteiger partial charge on any atom is 0.235 e. The van der Waals surface area contributed by atoms with Crippen molar-refractivity contribution in [2.75, 3.05) is 6.61 Å². The van der Waals surface area contributed by atoms with Crippen molar-refractivity contribution in [2.24, 2.45) is 0 Å². The van der Waals surface area contributed by atoms with Crippen LogP contribution in [0.25, 0.3) is 6.08 Å². The molecule has 2 aliphatic heterocycles. The van der Waals surface area contributed by atoms with Crippen LogP contribution in [0.15, 0.2) is 30.0 Å². The molecule has 0 bridgehead atoms. The maximum atomic E-state index is 13.0. The fourth-order valence-electron chi connectivity index (χ4n) is 3.51. The van der Waals surface area contributed by atoms with Crippen LogP contribution in [0.5, 0.6) is 34.5 Å². The molecule has 33 heavy (non-hydrogen) atoms. The second kappa shape index (κ2) is 8.42. The number of fused-ring (bicyclic) bond motifs is 1. The number of benzene rings is 2. The Morgan fingerprint density at radius 2 is 1.61 bits per heavy atom. The Labute approximate surface area is 185 Å². The lowest BCUT2D eigenvalue weighted by Crippen LogP contribution is -2.60. The Kier molecular flexibility index (Phi) is 5.78. The largest absolute Gasteiger partial charge is 0.508 e. The van der Waals surface area contributed by atoms with Gasteiger partial charge in [0.05, 0.1) is 6.61 Å². The Bertz CT molecular complexity index is 1100. The van der Waals surface area contributed by atoms with Gasteiger partial charge in [-0.25, -0.2) is 0 Å². The minimum absolute atomic E-state index is 0.111. The average molecular weight is 464 g/mol. The second-order valence-corrected chi connectivity index (χ2v) is 7.48. The van der Waals surface area contributed by atoms with Crippen LogP contribution in [0.4, 0.5) is 0 Å². The van der Waals surface area contributed by atoms with Gasteiger partial charge in [-0.1, -0.05) is 0 Å². The summed E-state index contributed by atoms with van der Waals surface area (Å²) in [6, 6.07) is 4.32. The van der Waals surface area contributed by atoms with Crippen molar-refractivity contribution in [1.82, 2.24) is 0 Å². The minimum atomic E-state index is -1.75. The summed E-state index contributed by atoms with van der Waals surface area (Å²) in [5.74, 6) is -3.77. The van der Waals surface area contributed by atoms with Gasteiger partial charge in [0, 0.05) is 12.1 Å². The number of Topliss-reactive ketones (excluding diaryl/α,β-unsaturated/α-hetero) is 1. The molecule has 176 valence electrons. The van der Waals surface area contributed by atoms with Gasteiger partial charge < -0.3 is 55.1 Å². The normalized spacial score (nSPS) is 27.9. The smallest absolute Gasteiger partial charge is 0.235 e. The number of ether oxygens (including phenoxy) is 3. The monoisotopic (exact) mass is 464 g/mol. The van der Waals surface area contributed by atoms with Crippen LogP contribution < -0.4 is 9.47 Å². The van der Waals surface area contributed by atoms with Crippen molar-refractivity contribution >= 4 is 11.9 Å². The van der Waals surface area contributed by atoms with Crippen LogP contribution in [-0.4, -0.2) is 83.9 Å². The number of aliphatic hydroxyl groups excluding tert-OH is 4. The molecule has 5 atom stereocenters. The van der Waals surface area contributed by atoms with E-state index in [1.54, 1.807) is 0 Å². The third kappa shape index (κ3) is 4.01. The summed E-state index contributed by atoms with van der Waals surface area (Å²) in [7, 11) is 0. The van der Waals surface area contributed by atoms with E-state index in [1.807, 2.05) is 0 Å². The highest BCUT2D eigenvalue weighted by Crippen LogP contribution is 2.43. The zero-order valence-corrected chi connectivity index (χ0v) is 16.7. The van der Waals surface area contributed by atoms with Crippen molar-refractivity contribution in [1.29, 1.82) is 0 Å². The summed E-state index contributed by atoms with van der Waals surface area (Å²) >= 11 is 0. The molecule has 1 fully saturated rings. The van der Waals surface area contributed by atoms with Crippen molar-refractivity contribution in [2.45, 2.75) is 30.7 Å². The van der Waals surface area contributed by atoms with E-state index in [1.165, 1.54) is 0 Å². The summed E-state index contributed by atoms with van der Waals surface area (Å²) in [5.41, 5.74) is -0.0530. The molecule has 2 aromatic carbocycles. The Morgan fingerprint density at radius 3 is 2.24 bits per heavy atom. The molecule has 2 aromatic rings. The number of hydrogen-bond acceptors (Lipinski definition) is 12. The fraction of sp³-hybridized carbons (Fsp3) is 0.286. The summed E-state index contributed by atoms with van der Waals surface area (Å²) in [6.45, 7) is -0.690. The molecule has 2 aliphatic rings. The molecule has 4 rings (SSSR count). The molecule has 0 saturated carbocycles. The van der Waals surface area contributed by atoms with Gasteiger partial charge in [-0.2, -0.15) is 0 Å². The van der Waals surface area contributed by atoms with Crippen molar-refractivity contribution in [3.8, 4) is 34.5 Å². The summed E-state index contributed by atoms with van der Waals surface area (Å²) in [5, 5.41) is 78.1.